The van der Waals surface area contributed by atoms with Gasteiger partial charge >= 0.3 is 5.97 Å². The summed E-state index contributed by atoms with van der Waals surface area (Å²) in [6.07, 6.45) is 4.13. The van der Waals surface area contributed by atoms with Gasteiger partial charge in [0.2, 0.25) is 5.91 Å². The van der Waals surface area contributed by atoms with Gasteiger partial charge in [0.05, 0.1) is 24.7 Å². The minimum Gasteiger partial charge on any atom is -0.481 e. The van der Waals surface area contributed by atoms with Crippen molar-refractivity contribution in [2.75, 3.05) is 33.4 Å². The number of rotatable bonds is 7. The summed E-state index contributed by atoms with van der Waals surface area (Å²) in [5, 5.41) is 9.29. The Balaban J connectivity index is 1.74. The van der Waals surface area contributed by atoms with E-state index in [1.807, 2.05) is 0 Å². The molecule has 2 rings (SSSR count). The van der Waals surface area contributed by atoms with Gasteiger partial charge in [-0.3, -0.25) is 9.59 Å². The lowest BCUT2D eigenvalue weighted by Crippen LogP contribution is -2.46. The van der Waals surface area contributed by atoms with Crippen LogP contribution in [0.15, 0.2) is 0 Å². The topological polar surface area (TPSA) is 76.1 Å². The van der Waals surface area contributed by atoms with Gasteiger partial charge in [0.15, 0.2) is 0 Å². The molecule has 0 radical (unpaired) electrons. The first-order chi connectivity index (χ1) is 10.1. The van der Waals surface area contributed by atoms with Crippen LogP contribution in [-0.4, -0.2) is 61.4 Å². The van der Waals surface area contributed by atoms with E-state index in [1.165, 1.54) is 0 Å². The molecule has 0 atom stereocenters. The molecule has 1 aliphatic heterocycles. The lowest BCUT2D eigenvalue weighted by molar-refractivity contribution is -0.160. The monoisotopic (exact) mass is 299 g/mol. The number of likely N-dealkylation sites (tertiary alicyclic amines) is 1. The maximum Gasteiger partial charge on any atom is 0.310 e. The van der Waals surface area contributed by atoms with Crippen molar-refractivity contribution >= 4 is 11.9 Å². The Morgan fingerprint density at radius 3 is 2.38 bits per heavy atom. The molecule has 0 unspecified atom stereocenters. The molecule has 1 saturated heterocycles. The molecule has 1 saturated carbocycles. The van der Waals surface area contributed by atoms with E-state index in [-0.39, 0.29) is 18.4 Å². The van der Waals surface area contributed by atoms with E-state index in [9.17, 15) is 14.7 Å². The number of nitrogens with zero attached hydrogens (tertiary/aromatic N) is 1. The zero-order valence-electron chi connectivity index (χ0n) is 12.7. The Labute approximate surface area is 125 Å². The van der Waals surface area contributed by atoms with Gasteiger partial charge in [-0.1, -0.05) is 6.42 Å². The minimum atomic E-state index is -0.820. The Bertz CT molecular complexity index is 372. The van der Waals surface area contributed by atoms with E-state index in [0.29, 0.717) is 39.1 Å². The lowest BCUT2D eigenvalue weighted by atomic mass is 9.66. The van der Waals surface area contributed by atoms with Crippen molar-refractivity contribution in [1.82, 2.24) is 4.90 Å². The van der Waals surface area contributed by atoms with Crippen LogP contribution >= 0.6 is 0 Å². The maximum absolute atomic E-state index is 12.3. The molecule has 21 heavy (non-hydrogen) atoms. The molecule has 1 amide bonds. The number of carboxylic acids is 1. The molecule has 0 aromatic rings. The normalized spacial score (nSPS) is 21.9. The number of piperidine rings is 1. The second-order valence-electron chi connectivity index (χ2n) is 6.06. The summed E-state index contributed by atoms with van der Waals surface area (Å²) in [5.41, 5.74) is -0.789. The summed E-state index contributed by atoms with van der Waals surface area (Å²) in [6, 6.07) is 0. The molecule has 0 aromatic heterocycles. The molecule has 2 fully saturated rings. The predicted octanol–water partition coefficient (Wildman–Crippen LogP) is 1.29. The van der Waals surface area contributed by atoms with Crippen LogP contribution in [0.5, 0.6) is 0 Å². The lowest BCUT2D eigenvalue weighted by Gasteiger charge is -2.39. The Morgan fingerprint density at radius 2 is 1.90 bits per heavy atom. The number of hydrogen-bond donors (Lipinski definition) is 1. The summed E-state index contributed by atoms with van der Waals surface area (Å²) < 4.78 is 10.6. The molecule has 1 N–H and O–H groups in total. The van der Waals surface area contributed by atoms with E-state index in [0.717, 1.165) is 19.3 Å². The molecule has 2 aliphatic rings. The highest BCUT2D eigenvalue weighted by atomic mass is 16.5. The third-order valence-electron chi connectivity index (χ3n) is 4.69. The van der Waals surface area contributed by atoms with Crippen LogP contribution in [0.3, 0.4) is 0 Å². The summed E-state index contributed by atoms with van der Waals surface area (Å²) in [7, 11) is 1.64. The van der Waals surface area contributed by atoms with Crippen LogP contribution in [0, 0.1) is 5.41 Å². The van der Waals surface area contributed by atoms with Crippen LogP contribution < -0.4 is 0 Å². The number of hydrogen-bond acceptors (Lipinski definition) is 4. The zero-order valence-corrected chi connectivity index (χ0v) is 12.7. The molecule has 0 bridgehead atoms. The average Bonchev–Trinajstić information content (AvgIpc) is 2.43. The second-order valence-corrected chi connectivity index (χ2v) is 6.06. The van der Waals surface area contributed by atoms with Gasteiger partial charge < -0.3 is 19.5 Å². The number of methoxy groups -OCH3 is 1. The third kappa shape index (κ3) is 3.95. The highest BCUT2D eigenvalue weighted by Gasteiger charge is 2.46. The van der Waals surface area contributed by atoms with Gasteiger partial charge in [0.25, 0.3) is 0 Å². The number of aliphatic carboxylic acids is 1. The van der Waals surface area contributed by atoms with E-state index >= 15 is 0 Å². The first kappa shape index (κ1) is 16.2. The summed E-state index contributed by atoms with van der Waals surface area (Å²) in [4.78, 5) is 25.4. The van der Waals surface area contributed by atoms with Crippen molar-refractivity contribution in [3.63, 3.8) is 0 Å². The molecule has 1 heterocycles. The fourth-order valence-corrected chi connectivity index (χ4v) is 3.04. The number of carboxylic acid groups (broad SMARTS) is 1. The van der Waals surface area contributed by atoms with Crippen LogP contribution in [-0.2, 0) is 19.1 Å². The van der Waals surface area contributed by atoms with Gasteiger partial charge in [-0.05, 0) is 25.7 Å². The Kier molecular flexibility index (Phi) is 5.58. The van der Waals surface area contributed by atoms with Gasteiger partial charge in [-0.25, -0.2) is 0 Å². The molecule has 120 valence electrons. The van der Waals surface area contributed by atoms with E-state index < -0.39 is 11.4 Å². The molecular weight excluding hydrogens is 274 g/mol. The fraction of sp³-hybridized carbons (Fsp3) is 0.867. The second kappa shape index (κ2) is 7.22. The molecule has 0 aromatic carbocycles. The first-order valence-electron chi connectivity index (χ1n) is 7.69. The maximum atomic E-state index is 12.3. The number of carbonyl (C=O) groups is 2. The van der Waals surface area contributed by atoms with Crippen molar-refractivity contribution in [2.45, 2.75) is 44.6 Å². The van der Waals surface area contributed by atoms with Crippen molar-refractivity contribution in [3.8, 4) is 0 Å². The van der Waals surface area contributed by atoms with Crippen molar-refractivity contribution in [1.29, 1.82) is 0 Å². The van der Waals surface area contributed by atoms with Crippen molar-refractivity contribution in [2.24, 2.45) is 5.41 Å². The molecular formula is C15H25NO5. The number of amides is 1. The van der Waals surface area contributed by atoms with Gasteiger partial charge in [-0.2, -0.15) is 0 Å². The van der Waals surface area contributed by atoms with E-state index in [2.05, 4.69) is 0 Å². The van der Waals surface area contributed by atoms with Crippen LogP contribution in [0.25, 0.3) is 0 Å². The molecule has 6 nitrogen and oxygen atoms in total. The smallest absolute Gasteiger partial charge is 0.310 e. The highest BCUT2D eigenvalue weighted by molar-refractivity contribution is 5.85. The van der Waals surface area contributed by atoms with Gasteiger partial charge in [-0.15, -0.1) is 0 Å². The minimum absolute atomic E-state index is 0.0209. The SMILES string of the molecule is COCCOC1CCN(C(=O)CC2(C(=O)O)CCC2)CC1. The largest absolute Gasteiger partial charge is 0.481 e. The van der Waals surface area contributed by atoms with Crippen LogP contribution in [0.1, 0.15) is 38.5 Å². The zero-order chi connectivity index (χ0) is 15.3. The van der Waals surface area contributed by atoms with Gasteiger partial charge in [0, 0.05) is 26.6 Å². The summed E-state index contributed by atoms with van der Waals surface area (Å²) in [6.45, 7) is 2.48. The quantitative estimate of drug-likeness (QED) is 0.717. The van der Waals surface area contributed by atoms with Crippen LogP contribution in [0.2, 0.25) is 0 Å². The highest BCUT2D eigenvalue weighted by Crippen LogP contribution is 2.44. The molecule has 1 aliphatic carbocycles. The van der Waals surface area contributed by atoms with E-state index in [4.69, 9.17) is 9.47 Å². The van der Waals surface area contributed by atoms with E-state index in [1.54, 1.807) is 12.0 Å². The third-order valence-corrected chi connectivity index (χ3v) is 4.69. The standard InChI is InChI=1S/C15H25NO5/c1-20-9-10-21-12-3-7-16(8-4-12)13(17)11-15(14(18)19)5-2-6-15/h12H,2-11H2,1H3,(H,18,19). The molecule has 0 spiro atoms. The molecule has 6 heteroatoms. The van der Waals surface area contributed by atoms with Crippen molar-refractivity contribution < 1.29 is 24.2 Å². The van der Waals surface area contributed by atoms with Gasteiger partial charge in [0.1, 0.15) is 0 Å². The Hall–Kier alpha value is -1.14. The fourth-order valence-electron chi connectivity index (χ4n) is 3.04. The predicted molar refractivity (Wildman–Crippen MR) is 76.0 cm³/mol. The van der Waals surface area contributed by atoms with Crippen LogP contribution in [0.4, 0.5) is 0 Å². The summed E-state index contributed by atoms with van der Waals surface area (Å²) >= 11 is 0. The number of carbonyl (C=O) groups excluding carboxylic acids is 1. The average molecular weight is 299 g/mol. The van der Waals surface area contributed by atoms with Crippen molar-refractivity contribution in [3.05, 3.63) is 0 Å². The number of ether oxygens (including phenoxy) is 2. The summed E-state index contributed by atoms with van der Waals surface area (Å²) in [5.74, 6) is -0.840. The first-order valence-corrected chi connectivity index (χ1v) is 7.69. The Morgan fingerprint density at radius 1 is 1.24 bits per heavy atom.